The van der Waals surface area contributed by atoms with Gasteiger partial charge in [0.15, 0.2) is 0 Å². The van der Waals surface area contributed by atoms with Crippen molar-refractivity contribution < 1.29 is 17.9 Å². The molecule has 2 atom stereocenters. The lowest BCUT2D eigenvalue weighted by Crippen LogP contribution is -2.40. The zero-order chi connectivity index (χ0) is 16.9. The summed E-state index contributed by atoms with van der Waals surface area (Å²) in [7, 11) is -3.65. The number of nitrogens with one attached hydrogen (secondary N) is 2. The number of carbonyl (C=O) groups excluding carboxylic acids is 1. The van der Waals surface area contributed by atoms with Crippen LogP contribution in [0.5, 0.6) is 0 Å². The van der Waals surface area contributed by atoms with Gasteiger partial charge in [0, 0.05) is 12.2 Å². The van der Waals surface area contributed by atoms with E-state index >= 15 is 0 Å². The second-order valence-corrected chi connectivity index (χ2v) is 7.13. The molecule has 1 saturated heterocycles. The topological polar surface area (TPSA) is 84.5 Å². The fourth-order valence-corrected chi connectivity index (χ4v) is 3.32. The number of hydrogen-bond acceptors (Lipinski definition) is 4. The predicted octanol–water partition coefficient (Wildman–Crippen LogP) is 0.895. The van der Waals surface area contributed by atoms with E-state index in [2.05, 4.69) is 16.0 Å². The molecule has 0 unspecified atom stereocenters. The number of sulfonamides is 1. The SMILES string of the molecule is C#CCNS(=O)(=O)c1ccc(C(=O)N[C@@H](C)[C@H]2CCCO2)cc1. The Kier molecular flexibility index (Phi) is 5.77. The molecule has 1 heterocycles. The van der Waals surface area contributed by atoms with Crippen molar-refractivity contribution >= 4 is 15.9 Å². The van der Waals surface area contributed by atoms with Gasteiger partial charge in [0.1, 0.15) is 0 Å². The van der Waals surface area contributed by atoms with Crippen molar-refractivity contribution in [3.8, 4) is 12.3 Å². The summed E-state index contributed by atoms with van der Waals surface area (Å²) in [6, 6.07) is 5.62. The van der Waals surface area contributed by atoms with Crippen LogP contribution in [0.25, 0.3) is 0 Å². The highest BCUT2D eigenvalue weighted by Crippen LogP contribution is 2.16. The first kappa shape index (κ1) is 17.5. The molecular formula is C16H20N2O4S. The minimum absolute atomic E-state index is 0.0339. The average molecular weight is 336 g/mol. The largest absolute Gasteiger partial charge is 0.376 e. The molecule has 23 heavy (non-hydrogen) atoms. The predicted molar refractivity (Wildman–Crippen MR) is 86.4 cm³/mol. The van der Waals surface area contributed by atoms with Crippen molar-refractivity contribution in [1.29, 1.82) is 0 Å². The summed E-state index contributed by atoms with van der Waals surface area (Å²) < 4.78 is 31.6. The molecule has 0 spiro atoms. The van der Waals surface area contributed by atoms with Crippen LogP contribution in [0.1, 0.15) is 30.1 Å². The zero-order valence-electron chi connectivity index (χ0n) is 12.9. The summed E-state index contributed by atoms with van der Waals surface area (Å²) in [6.07, 6.45) is 7.00. The van der Waals surface area contributed by atoms with Crippen LogP contribution in [0.2, 0.25) is 0 Å². The number of carbonyl (C=O) groups is 1. The summed E-state index contributed by atoms with van der Waals surface area (Å²) in [5, 5.41) is 2.88. The van der Waals surface area contributed by atoms with Gasteiger partial charge in [-0.2, -0.15) is 4.72 Å². The smallest absolute Gasteiger partial charge is 0.251 e. The molecule has 124 valence electrons. The summed E-state index contributed by atoms with van der Waals surface area (Å²) in [6.45, 7) is 2.54. The van der Waals surface area contributed by atoms with E-state index in [0.29, 0.717) is 5.56 Å². The first-order valence-electron chi connectivity index (χ1n) is 7.39. The molecule has 2 rings (SSSR count). The molecule has 1 aliphatic heterocycles. The van der Waals surface area contributed by atoms with Gasteiger partial charge in [-0.25, -0.2) is 8.42 Å². The average Bonchev–Trinajstić information content (AvgIpc) is 3.07. The molecule has 0 radical (unpaired) electrons. The van der Waals surface area contributed by atoms with Crippen molar-refractivity contribution in [1.82, 2.24) is 10.0 Å². The van der Waals surface area contributed by atoms with Crippen LogP contribution in [0.3, 0.4) is 0 Å². The van der Waals surface area contributed by atoms with Crippen molar-refractivity contribution in [2.24, 2.45) is 0 Å². The Hall–Kier alpha value is -1.88. The molecule has 0 saturated carbocycles. The first-order valence-corrected chi connectivity index (χ1v) is 8.88. The molecule has 7 heteroatoms. The molecule has 0 aliphatic carbocycles. The number of rotatable bonds is 6. The Bertz CT molecular complexity index is 686. The van der Waals surface area contributed by atoms with Gasteiger partial charge in [-0.05, 0) is 44.0 Å². The van der Waals surface area contributed by atoms with E-state index in [9.17, 15) is 13.2 Å². The quantitative estimate of drug-likeness (QED) is 0.756. The highest BCUT2D eigenvalue weighted by atomic mass is 32.2. The first-order chi connectivity index (χ1) is 10.9. The highest BCUT2D eigenvalue weighted by Gasteiger charge is 2.24. The maximum absolute atomic E-state index is 12.2. The van der Waals surface area contributed by atoms with Gasteiger partial charge in [-0.15, -0.1) is 6.42 Å². The maximum atomic E-state index is 12.2. The minimum atomic E-state index is -3.65. The van der Waals surface area contributed by atoms with Gasteiger partial charge in [0.25, 0.3) is 5.91 Å². The lowest BCUT2D eigenvalue weighted by Gasteiger charge is -2.20. The van der Waals surface area contributed by atoms with Crippen LogP contribution in [-0.2, 0) is 14.8 Å². The summed E-state index contributed by atoms with van der Waals surface area (Å²) in [5.41, 5.74) is 0.394. The molecule has 1 aromatic carbocycles. The van der Waals surface area contributed by atoms with Gasteiger partial charge in [-0.3, -0.25) is 4.79 Å². The molecule has 6 nitrogen and oxygen atoms in total. The van der Waals surface area contributed by atoms with Gasteiger partial charge in [0.2, 0.25) is 10.0 Å². The van der Waals surface area contributed by atoms with Crippen LogP contribution in [-0.4, -0.2) is 39.6 Å². The van der Waals surface area contributed by atoms with E-state index in [4.69, 9.17) is 11.2 Å². The second-order valence-electron chi connectivity index (χ2n) is 5.37. The maximum Gasteiger partial charge on any atom is 0.251 e. The lowest BCUT2D eigenvalue weighted by atomic mass is 10.1. The number of hydrogen-bond donors (Lipinski definition) is 2. The summed E-state index contributed by atoms with van der Waals surface area (Å²) >= 11 is 0. The molecule has 0 bridgehead atoms. The van der Waals surface area contributed by atoms with Crippen molar-refractivity contribution in [2.45, 2.75) is 36.8 Å². The van der Waals surface area contributed by atoms with Crippen molar-refractivity contribution in [3.05, 3.63) is 29.8 Å². The zero-order valence-corrected chi connectivity index (χ0v) is 13.7. The summed E-state index contributed by atoms with van der Waals surface area (Å²) in [4.78, 5) is 12.3. The van der Waals surface area contributed by atoms with Crippen molar-refractivity contribution in [3.63, 3.8) is 0 Å². The van der Waals surface area contributed by atoms with Crippen LogP contribution >= 0.6 is 0 Å². The van der Waals surface area contributed by atoms with E-state index in [-0.39, 0.29) is 29.5 Å². The Balaban J connectivity index is 2.01. The third-order valence-electron chi connectivity index (χ3n) is 3.67. The second kappa shape index (κ2) is 7.59. The van der Waals surface area contributed by atoms with Gasteiger partial charge in [0.05, 0.1) is 23.6 Å². The number of terminal acetylenes is 1. The van der Waals surface area contributed by atoms with Gasteiger partial charge in [-0.1, -0.05) is 5.92 Å². The Morgan fingerprint density at radius 1 is 1.43 bits per heavy atom. The Labute approximate surface area is 136 Å². The van der Waals surface area contributed by atoms with E-state index in [1.165, 1.54) is 24.3 Å². The van der Waals surface area contributed by atoms with E-state index in [0.717, 1.165) is 19.4 Å². The van der Waals surface area contributed by atoms with Crippen LogP contribution < -0.4 is 10.0 Å². The van der Waals surface area contributed by atoms with Crippen molar-refractivity contribution in [2.75, 3.05) is 13.2 Å². The normalized spacial score (nSPS) is 19.0. The molecule has 0 aromatic heterocycles. The fourth-order valence-electron chi connectivity index (χ4n) is 2.39. The van der Waals surface area contributed by atoms with E-state index in [1.807, 2.05) is 6.92 Å². The molecular weight excluding hydrogens is 316 g/mol. The molecule has 1 aliphatic rings. The standard InChI is InChI=1S/C16H20N2O4S/c1-3-10-17-23(20,21)14-8-6-13(7-9-14)16(19)18-12(2)15-5-4-11-22-15/h1,6-9,12,15,17H,4-5,10-11H2,2H3,(H,18,19)/t12-,15+/m0/s1. The molecule has 1 aromatic rings. The van der Waals surface area contributed by atoms with Crippen LogP contribution in [0.4, 0.5) is 0 Å². The Morgan fingerprint density at radius 2 is 2.13 bits per heavy atom. The van der Waals surface area contributed by atoms with Gasteiger partial charge >= 0.3 is 0 Å². The monoisotopic (exact) mass is 336 g/mol. The fraction of sp³-hybridized carbons (Fsp3) is 0.438. The minimum Gasteiger partial charge on any atom is -0.376 e. The van der Waals surface area contributed by atoms with Crippen LogP contribution in [0.15, 0.2) is 29.2 Å². The van der Waals surface area contributed by atoms with E-state index < -0.39 is 10.0 Å². The number of benzene rings is 1. The number of amides is 1. The number of ether oxygens (including phenoxy) is 1. The molecule has 1 amide bonds. The Morgan fingerprint density at radius 3 is 2.70 bits per heavy atom. The lowest BCUT2D eigenvalue weighted by molar-refractivity contribution is 0.0712. The molecule has 1 fully saturated rings. The summed E-state index contributed by atoms with van der Waals surface area (Å²) in [5.74, 6) is 1.95. The van der Waals surface area contributed by atoms with E-state index in [1.54, 1.807) is 0 Å². The third-order valence-corrected chi connectivity index (χ3v) is 5.09. The third kappa shape index (κ3) is 4.55. The van der Waals surface area contributed by atoms with Gasteiger partial charge < -0.3 is 10.1 Å². The molecule has 2 N–H and O–H groups in total. The highest BCUT2D eigenvalue weighted by molar-refractivity contribution is 7.89. The van der Waals surface area contributed by atoms with Crippen LogP contribution in [0, 0.1) is 12.3 Å².